The van der Waals surface area contributed by atoms with E-state index in [1.54, 1.807) is 12.4 Å². The van der Waals surface area contributed by atoms with Gasteiger partial charge in [0.1, 0.15) is 5.69 Å². The SMILES string of the molecule is c1c[nH]c(-c2[nH]ccc2-c2n[nH]c3ccc(-c4ncccc4-c4ccncc4)cc23)c1. The lowest BCUT2D eigenvalue weighted by Crippen LogP contribution is -1.89. The molecule has 0 unspecified atom stereocenters. The Bertz CT molecular complexity index is 1480. The number of aromatic nitrogens is 6. The van der Waals surface area contributed by atoms with Crippen molar-refractivity contribution >= 4 is 10.9 Å². The molecule has 148 valence electrons. The molecule has 3 N–H and O–H groups in total. The fraction of sp³-hybridized carbons (Fsp3) is 0. The number of fused-ring (bicyclic) bond motifs is 1. The van der Waals surface area contributed by atoms with Crippen LogP contribution in [0.2, 0.25) is 0 Å². The Morgan fingerprint density at radius 1 is 0.677 bits per heavy atom. The molecule has 0 fully saturated rings. The van der Waals surface area contributed by atoms with Gasteiger partial charge in [-0.25, -0.2) is 0 Å². The van der Waals surface area contributed by atoms with E-state index in [4.69, 9.17) is 4.98 Å². The van der Waals surface area contributed by atoms with E-state index in [0.29, 0.717) is 0 Å². The molecule has 0 atom stereocenters. The predicted molar refractivity (Wildman–Crippen MR) is 122 cm³/mol. The van der Waals surface area contributed by atoms with E-state index < -0.39 is 0 Å². The number of hydrogen-bond acceptors (Lipinski definition) is 3. The van der Waals surface area contributed by atoms with Gasteiger partial charge in [-0.1, -0.05) is 12.1 Å². The molecule has 0 aliphatic heterocycles. The van der Waals surface area contributed by atoms with Gasteiger partial charge in [0.25, 0.3) is 0 Å². The van der Waals surface area contributed by atoms with E-state index in [0.717, 1.165) is 55.9 Å². The Kier molecular flexibility index (Phi) is 3.99. The van der Waals surface area contributed by atoms with Crippen LogP contribution in [0.1, 0.15) is 0 Å². The van der Waals surface area contributed by atoms with Crippen molar-refractivity contribution in [3.05, 3.63) is 91.6 Å². The summed E-state index contributed by atoms with van der Waals surface area (Å²) >= 11 is 0. The summed E-state index contributed by atoms with van der Waals surface area (Å²) in [4.78, 5) is 15.4. The Labute approximate surface area is 178 Å². The fourth-order valence-electron chi connectivity index (χ4n) is 4.04. The molecule has 0 bridgehead atoms. The zero-order valence-electron chi connectivity index (χ0n) is 16.5. The summed E-state index contributed by atoms with van der Waals surface area (Å²) in [6.45, 7) is 0. The summed E-state index contributed by atoms with van der Waals surface area (Å²) in [5, 5.41) is 8.86. The third-order valence-electron chi connectivity index (χ3n) is 5.50. The Morgan fingerprint density at radius 3 is 2.48 bits per heavy atom. The van der Waals surface area contributed by atoms with Crippen molar-refractivity contribution in [2.45, 2.75) is 0 Å². The maximum Gasteiger partial charge on any atom is 0.102 e. The number of hydrogen-bond donors (Lipinski definition) is 3. The molecule has 6 heteroatoms. The summed E-state index contributed by atoms with van der Waals surface area (Å²) in [6, 6.07) is 20.5. The van der Waals surface area contributed by atoms with Gasteiger partial charge in [-0.05, 0) is 54.1 Å². The highest BCUT2D eigenvalue weighted by Gasteiger charge is 2.17. The average molecular weight is 402 g/mol. The summed E-state index contributed by atoms with van der Waals surface area (Å²) < 4.78 is 0. The molecule has 6 rings (SSSR count). The molecular weight excluding hydrogens is 384 g/mol. The van der Waals surface area contributed by atoms with Crippen LogP contribution in [0.3, 0.4) is 0 Å². The summed E-state index contributed by atoms with van der Waals surface area (Å²) in [5.41, 5.74) is 9.11. The van der Waals surface area contributed by atoms with Gasteiger partial charge in [0.05, 0.1) is 22.6 Å². The molecule has 0 saturated carbocycles. The van der Waals surface area contributed by atoms with Crippen LogP contribution in [-0.4, -0.2) is 30.1 Å². The number of nitrogens with zero attached hydrogens (tertiary/aromatic N) is 3. The highest BCUT2D eigenvalue weighted by atomic mass is 15.1. The van der Waals surface area contributed by atoms with Crippen LogP contribution in [-0.2, 0) is 0 Å². The lowest BCUT2D eigenvalue weighted by atomic mass is 9.98. The molecule has 6 aromatic rings. The van der Waals surface area contributed by atoms with Gasteiger partial charge in [0.15, 0.2) is 0 Å². The minimum Gasteiger partial charge on any atom is -0.360 e. The molecule has 0 aliphatic carbocycles. The molecule has 0 aliphatic rings. The van der Waals surface area contributed by atoms with Crippen LogP contribution >= 0.6 is 0 Å². The van der Waals surface area contributed by atoms with Crippen LogP contribution in [0, 0.1) is 0 Å². The Morgan fingerprint density at radius 2 is 1.61 bits per heavy atom. The highest BCUT2D eigenvalue weighted by Crippen LogP contribution is 2.36. The van der Waals surface area contributed by atoms with Crippen LogP contribution in [0.25, 0.3) is 55.9 Å². The molecule has 0 spiro atoms. The van der Waals surface area contributed by atoms with Crippen LogP contribution in [0.4, 0.5) is 0 Å². The van der Waals surface area contributed by atoms with Crippen molar-refractivity contribution in [2.75, 3.05) is 0 Å². The van der Waals surface area contributed by atoms with E-state index in [9.17, 15) is 0 Å². The van der Waals surface area contributed by atoms with Crippen molar-refractivity contribution in [3.63, 3.8) is 0 Å². The second-order valence-electron chi connectivity index (χ2n) is 7.32. The van der Waals surface area contributed by atoms with Crippen LogP contribution in [0.5, 0.6) is 0 Å². The molecule has 6 nitrogen and oxygen atoms in total. The van der Waals surface area contributed by atoms with Crippen molar-refractivity contribution < 1.29 is 0 Å². The summed E-state index contributed by atoms with van der Waals surface area (Å²) in [5.74, 6) is 0. The summed E-state index contributed by atoms with van der Waals surface area (Å²) in [7, 11) is 0. The number of nitrogens with one attached hydrogen (secondary N) is 3. The van der Waals surface area contributed by atoms with Gasteiger partial charge in [-0.2, -0.15) is 5.10 Å². The minimum absolute atomic E-state index is 0.907. The third-order valence-corrected chi connectivity index (χ3v) is 5.50. The molecule has 5 aromatic heterocycles. The van der Waals surface area contributed by atoms with E-state index in [-0.39, 0.29) is 0 Å². The van der Waals surface area contributed by atoms with Gasteiger partial charge < -0.3 is 9.97 Å². The highest BCUT2D eigenvalue weighted by molar-refractivity contribution is 5.99. The molecule has 0 radical (unpaired) electrons. The summed E-state index contributed by atoms with van der Waals surface area (Å²) in [6.07, 6.45) is 9.30. The van der Waals surface area contributed by atoms with E-state index in [1.165, 1.54) is 0 Å². The molecular formula is C25H18N6. The Balaban J connectivity index is 1.52. The average Bonchev–Trinajstić information content (AvgIpc) is 3.59. The van der Waals surface area contributed by atoms with E-state index in [1.807, 2.05) is 48.9 Å². The lowest BCUT2D eigenvalue weighted by molar-refractivity contribution is 1.12. The van der Waals surface area contributed by atoms with Crippen molar-refractivity contribution in [2.24, 2.45) is 0 Å². The van der Waals surface area contributed by atoms with Crippen molar-refractivity contribution in [1.29, 1.82) is 0 Å². The van der Waals surface area contributed by atoms with Gasteiger partial charge >= 0.3 is 0 Å². The first-order valence-corrected chi connectivity index (χ1v) is 10.0. The quantitative estimate of drug-likeness (QED) is 0.355. The van der Waals surface area contributed by atoms with E-state index in [2.05, 4.69) is 55.5 Å². The number of rotatable bonds is 4. The predicted octanol–water partition coefficient (Wildman–Crippen LogP) is 5.68. The zero-order chi connectivity index (χ0) is 20.6. The number of benzene rings is 1. The number of pyridine rings is 2. The fourth-order valence-corrected chi connectivity index (χ4v) is 4.04. The van der Waals surface area contributed by atoms with Crippen LogP contribution < -0.4 is 0 Å². The third kappa shape index (κ3) is 2.93. The smallest absolute Gasteiger partial charge is 0.102 e. The normalized spacial score (nSPS) is 11.2. The second-order valence-corrected chi connectivity index (χ2v) is 7.32. The molecule has 1 aromatic carbocycles. The number of H-pyrrole nitrogens is 3. The first-order chi connectivity index (χ1) is 15.4. The standard InChI is InChI=1S/C25H18N6/c1-3-18(16-7-12-26-13-8-16)23(28-11-1)17-5-6-21-20(15-17)24(31-30-21)19-9-14-29-25(19)22-4-2-10-27-22/h1-15,27,29H,(H,30,31). The second kappa shape index (κ2) is 7.11. The maximum absolute atomic E-state index is 4.70. The van der Waals surface area contributed by atoms with Crippen LogP contribution in [0.15, 0.2) is 91.6 Å². The maximum atomic E-state index is 4.70. The number of aromatic amines is 3. The lowest BCUT2D eigenvalue weighted by Gasteiger charge is -2.09. The molecule has 31 heavy (non-hydrogen) atoms. The van der Waals surface area contributed by atoms with Crippen molar-refractivity contribution in [3.8, 4) is 45.0 Å². The van der Waals surface area contributed by atoms with Crippen molar-refractivity contribution in [1.82, 2.24) is 30.1 Å². The molecule has 0 amide bonds. The Hall–Kier alpha value is -4.45. The first-order valence-electron chi connectivity index (χ1n) is 10.0. The zero-order valence-corrected chi connectivity index (χ0v) is 16.5. The van der Waals surface area contributed by atoms with Gasteiger partial charge in [0.2, 0.25) is 0 Å². The van der Waals surface area contributed by atoms with E-state index >= 15 is 0 Å². The van der Waals surface area contributed by atoms with Gasteiger partial charge in [-0.15, -0.1) is 0 Å². The molecule has 5 heterocycles. The molecule has 0 saturated heterocycles. The first kappa shape index (κ1) is 17.4. The minimum atomic E-state index is 0.907. The largest absolute Gasteiger partial charge is 0.360 e. The van der Waals surface area contributed by atoms with Gasteiger partial charge in [-0.3, -0.25) is 15.1 Å². The topological polar surface area (TPSA) is 86.0 Å². The van der Waals surface area contributed by atoms with Gasteiger partial charge in [0, 0.05) is 53.1 Å². The monoisotopic (exact) mass is 402 g/mol.